The van der Waals surface area contributed by atoms with Crippen LogP contribution < -0.4 is 4.74 Å². The van der Waals surface area contributed by atoms with Crippen molar-refractivity contribution in [3.05, 3.63) is 42.1 Å². The lowest BCUT2D eigenvalue weighted by Crippen LogP contribution is -2.00. The lowest BCUT2D eigenvalue weighted by Gasteiger charge is -2.09. The van der Waals surface area contributed by atoms with Crippen LogP contribution in [0.5, 0.6) is 5.75 Å². The van der Waals surface area contributed by atoms with Gasteiger partial charge in [0.25, 0.3) is 0 Å². The van der Waals surface area contributed by atoms with E-state index in [0.717, 1.165) is 36.9 Å². The highest BCUT2D eigenvalue weighted by Gasteiger charge is 2.08. The minimum Gasteiger partial charge on any atom is -0.491 e. The predicted octanol–water partition coefficient (Wildman–Crippen LogP) is 5.58. The van der Waals surface area contributed by atoms with Crippen molar-refractivity contribution >= 4 is 0 Å². The zero-order valence-corrected chi connectivity index (χ0v) is 14.7. The van der Waals surface area contributed by atoms with Crippen LogP contribution in [0.3, 0.4) is 0 Å². The summed E-state index contributed by atoms with van der Waals surface area (Å²) in [6.07, 6.45) is 11.2. The molecule has 0 aliphatic rings. The Balaban J connectivity index is 1.91. The molecule has 1 aromatic carbocycles. The molecule has 0 atom stereocenters. The predicted molar refractivity (Wildman–Crippen MR) is 95.7 cm³/mol. The SMILES string of the molecule is CCCCCCCOc1ccc(-c2cnc(CCC)cn2)cc1F. The van der Waals surface area contributed by atoms with Gasteiger partial charge < -0.3 is 4.74 Å². The van der Waals surface area contributed by atoms with Crippen molar-refractivity contribution in [3.63, 3.8) is 0 Å². The van der Waals surface area contributed by atoms with Crippen LogP contribution in [0.25, 0.3) is 11.3 Å². The topological polar surface area (TPSA) is 35.0 Å². The Morgan fingerprint density at radius 1 is 0.958 bits per heavy atom. The molecular formula is C20H27FN2O. The van der Waals surface area contributed by atoms with E-state index in [1.165, 1.54) is 25.3 Å². The first-order chi connectivity index (χ1) is 11.7. The summed E-state index contributed by atoms with van der Waals surface area (Å²) in [7, 11) is 0. The van der Waals surface area contributed by atoms with Gasteiger partial charge in [-0.25, -0.2) is 4.39 Å². The molecule has 0 unspecified atom stereocenters. The van der Waals surface area contributed by atoms with E-state index in [9.17, 15) is 4.39 Å². The second-order valence-corrected chi connectivity index (χ2v) is 6.05. The van der Waals surface area contributed by atoms with E-state index in [4.69, 9.17) is 4.74 Å². The van der Waals surface area contributed by atoms with E-state index < -0.39 is 0 Å². The molecule has 0 saturated carbocycles. The summed E-state index contributed by atoms with van der Waals surface area (Å²) in [6, 6.07) is 4.98. The molecule has 24 heavy (non-hydrogen) atoms. The first kappa shape index (κ1) is 18.4. The number of halogens is 1. The number of nitrogens with zero attached hydrogens (tertiary/aromatic N) is 2. The molecule has 0 spiro atoms. The maximum absolute atomic E-state index is 14.2. The molecule has 2 rings (SSSR count). The van der Waals surface area contributed by atoms with Crippen molar-refractivity contribution in [2.24, 2.45) is 0 Å². The number of hydrogen-bond donors (Lipinski definition) is 0. The van der Waals surface area contributed by atoms with E-state index in [1.807, 2.05) is 6.07 Å². The fraction of sp³-hybridized carbons (Fsp3) is 0.500. The van der Waals surface area contributed by atoms with Gasteiger partial charge >= 0.3 is 0 Å². The molecule has 4 heteroatoms. The Labute approximate surface area is 144 Å². The highest BCUT2D eigenvalue weighted by atomic mass is 19.1. The lowest BCUT2D eigenvalue weighted by atomic mass is 10.1. The molecule has 1 heterocycles. The Morgan fingerprint density at radius 2 is 1.79 bits per heavy atom. The number of aryl methyl sites for hydroxylation is 1. The van der Waals surface area contributed by atoms with Crippen LogP contribution in [-0.2, 0) is 6.42 Å². The van der Waals surface area contributed by atoms with Gasteiger partial charge in [-0.05, 0) is 31.0 Å². The van der Waals surface area contributed by atoms with Crippen molar-refractivity contribution in [2.75, 3.05) is 6.61 Å². The zero-order chi connectivity index (χ0) is 17.2. The maximum Gasteiger partial charge on any atom is 0.165 e. The molecule has 0 radical (unpaired) electrons. The van der Waals surface area contributed by atoms with E-state index in [2.05, 4.69) is 23.8 Å². The first-order valence-electron chi connectivity index (χ1n) is 8.98. The summed E-state index contributed by atoms with van der Waals surface area (Å²) in [5.41, 5.74) is 2.36. The molecule has 3 nitrogen and oxygen atoms in total. The van der Waals surface area contributed by atoms with Gasteiger partial charge in [-0.15, -0.1) is 0 Å². The van der Waals surface area contributed by atoms with Gasteiger partial charge in [0, 0.05) is 11.8 Å². The molecule has 130 valence electrons. The first-order valence-corrected chi connectivity index (χ1v) is 8.98. The molecule has 0 fully saturated rings. The maximum atomic E-state index is 14.2. The number of ether oxygens (including phenoxy) is 1. The largest absolute Gasteiger partial charge is 0.491 e. The quantitative estimate of drug-likeness (QED) is 0.533. The van der Waals surface area contributed by atoms with Crippen molar-refractivity contribution < 1.29 is 9.13 Å². The zero-order valence-electron chi connectivity index (χ0n) is 14.7. The molecule has 0 saturated heterocycles. The molecule has 0 aliphatic heterocycles. The van der Waals surface area contributed by atoms with Crippen LogP contribution in [0, 0.1) is 5.82 Å². The molecule has 1 aromatic heterocycles. The normalized spacial score (nSPS) is 10.8. The number of unbranched alkanes of at least 4 members (excludes halogenated alkanes) is 4. The van der Waals surface area contributed by atoms with E-state index in [0.29, 0.717) is 18.1 Å². The Morgan fingerprint density at radius 3 is 2.46 bits per heavy atom. The van der Waals surface area contributed by atoms with Crippen LogP contribution in [0.15, 0.2) is 30.6 Å². The third-order valence-corrected chi connectivity index (χ3v) is 3.94. The average molecular weight is 330 g/mol. The molecular weight excluding hydrogens is 303 g/mol. The molecule has 0 aliphatic carbocycles. The fourth-order valence-corrected chi connectivity index (χ4v) is 2.55. The lowest BCUT2D eigenvalue weighted by molar-refractivity contribution is 0.290. The summed E-state index contributed by atoms with van der Waals surface area (Å²) >= 11 is 0. The van der Waals surface area contributed by atoms with E-state index in [-0.39, 0.29) is 5.82 Å². The molecule has 0 amide bonds. The fourth-order valence-electron chi connectivity index (χ4n) is 2.55. The number of hydrogen-bond acceptors (Lipinski definition) is 3. The Bertz CT molecular complexity index is 614. The molecule has 0 N–H and O–H groups in total. The molecule has 0 bridgehead atoms. The highest BCUT2D eigenvalue weighted by Crippen LogP contribution is 2.24. The van der Waals surface area contributed by atoms with Gasteiger partial charge in [0.15, 0.2) is 11.6 Å². The van der Waals surface area contributed by atoms with E-state index in [1.54, 1.807) is 18.5 Å². The Kier molecular flexibility index (Phi) is 7.66. The van der Waals surface area contributed by atoms with Crippen molar-refractivity contribution in [1.82, 2.24) is 9.97 Å². The van der Waals surface area contributed by atoms with Crippen LogP contribution in [-0.4, -0.2) is 16.6 Å². The minimum atomic E-state index is -0.347. The highest BCUT2D eigenvalue weighted by molar-refractivity contribution is 5.59. The van der Waals surface area contributed by atoms with Crippen molar-refractivity contribution in [3.8, 4) is 17.0 Å². The summed E-state index contributed by atoms with van der Waals surface area (Å²) < 4.78 is 19.7. The van der Waals surface area contributed by atoms with Gasteiger partial charge in [-0.3, -0.25) is 9.97 Å². The average Bonchev–Trinajstić information content (AvgIpc) is 2.60. The van der Waals surface area contributed by atoms with Crippen LogP contribution >= 0.6 is 0 Å². The third kappa shape index (κ3) is 5.59. The van der Waals surface area contributed by atoms with Crippen molar-refractivity contribution in [1.29, 1.82) is 0 Å². The van der Waals surface area contributed by atoms with Crippen molar-refractivity contribution in [2.45, 2.75) is 58.8 Å². The monoisotopic (exact) mass is 330 g/mol. The van der Waals surface area contributed by atoms with Gasteiger partial charge in [0.2, 0.25) is 0 Å². The van der Waals surface area contributed by atoms with Crippen LogP contribution in [0.2, 0.25) is 0 Å². The third-order valence-electron chi connectivity index (χ3n) is 3.94. The minimum absolute atomic E-state index is 0.310. The van der Waals surface area contributed by atoms with Crippen LogP contribution in [0.4, 0.5) is 4.39 Å². The second kappa shape index (κ2) is 10.0. The van der Waals surface area contributed by atoms with Gasteiger partial charge in [-0.1, -0.05) is 46.0 Å². The number of aromatic nitrogens is 2. The van der Waals surface area contributed by atoms with Gasteiger partial charge in [-0.2, -0.15) is 0 Å². The van der Waals surface area contributed by atoms with Gasteiger partial charge in [0.05, 0.1) is 24.2 Å². The summed E-state index contributed by atoms with van der Waals surface area (Å²) in [4.78, 5) is 8.74. The van der Waals surface area contributed by atoms with E-state index >= 15 is 0 Å². The number of benzene rings is 1. The second-order valence-electron chi connectivity index (χ2n) is 6.05. The van der Waals surface area contributed by atoms with Crippen LogP contribution in [0.1, 0.15) is 58.1 Å². The number of rotatable bonds is 10. The summed E-state index contributed by atoms with van der Waals surface area (Å²) in [6.45, 7) is 4.86. The smallest absolute Gasteiger partial charge is 0.165 e. The summed E-state index contributed by atoms with van der Waals surface area (Å²) in [5.74, 6) is -0.0368. The van der Waals surface area contributed by atoms with Gasteiger partial charge in [0.1, 0.15) is 0 Å². The standard InChI is InChI=1S/C20H27FN2O/c1-3-5-6-7-8-12-24-20-11-10-16(13-18(20)21)19-15-22-17(9-4-2)14-23-19/h10-11,13-15H,3-9,12H2,1-2H3. The molecule has 2 aromatic rings. The Hall–Kier alpha value is -1.97. The summed E-state index contributed by atoms with van der Waals surface area (Å²) in [5, 5.41) is 0.